The third-order valence-corrected chi connectivity index (χ3v) is 7.95. The highest BCUT2D eigenvalue weighted by Crippen LogP contribution is 2.09. The molecule has 1 aromatic rings. The number of hydrogen-bond acceptors (Lipinski definition) is 10. The number of aliphatic hydroxyl groups excluding tert-OH is 1. The van der Waals surface area contributed by atoms with Gasteiger partial charge in [0.15, 0.2) is 0 Å². The Morgan fingerprint density at radius 3 is 1.81 bits per heavy atom. The zero-order chi connectivity index (χ0) is 40.2. The van der Waals surface area contributed by atoms with Crippen LogP contribution in [0.25, 0.3) is 0 Å². The summed E-state index contributed by atoms with van der Waals surface area (Å²) in [4.78, 5) is 101. The number of carbonyl (C=O) groups is 8. The fraction of sp³-hybridized carbons (Fsp3) is 0.600. The van der Waals surface area contributed by atoms with Gasteiger partial charge in [-0.25, -0.2) is 4.79 Å². The van der Waals surface area contributed by atoms with E-state index in [-0.39, 0.29) is 25.2 Å². The van der Waals surface area contributed by atoms with Gasteiger partial charge in [-0.1, -0.05) is 77.8 Å². The second-order valence-electron chi connectivity index (χ2n) is 13.4. The van der Waals surface area contributed by atoms with Crippen molar-refractivity contribution in [2.24, 2.45) is 17.6 Å². The lowest BCUT2D eigenvalue weighted by Gasteiger charge is -2.27. The molecule has 11 N–H and O–H groups in total. The van der Waals surface area contributed by atoms with Gasteiger partial charge in [0.05, 0.1) is 25.6 Å². The van der Waals surface area contributed by atoms with Crippen LogP contribution in [0, 0.1) is 11.8 Å². The highest BCUT2D eigenvalue weighted by Gasteiger charge is 2.32. The Kier molecular flexibility index (Phi) is 20.3. The zero-order valence-electron chi connectivity index (χ0n) is 30.8. The van der Waals surface area contributed by atoms with Crippen LogP contribution in [-0.2, 0) is 44.8 Å². The van der Waals surface area contributed by atoms with Crippen LogP contribution < -0.4 is 37.6 Å². The van der Waals surface area contributed by atoms with E-state index >= 15 is 0 Å². The quantitative estimate of drug-likeness (QED) is 0.0580. The molecule has 296 valence electrons. The Balaban J connectivity index is 3.07. The first-order valence-electron chi connectivity index (χ1n) is 17.5. The van der Waals surface area contributed by atoms with Gasteiger partial charge in [0.2, 0.25) is 35.4 Å². The molecule has 6 atom stereocenters. The largest absolute Gasteiger partial charge is 0.481 e. The summed E-state index contributed by atoms with van der Waals surface area (Å²) in [7, 11) is 0. The van der Waals surface area contributed by atoms with E-state index in [4.69, 9.17) is 10.8 Å². The predicted molar refractivity (Wildman–Crippen MR) is 192 cm³/mol. The van der Waals surface area contributed by atoms with Crippen molar-refractivity contribution < 1.29 is 53.7 Å². The predicted octanol–water partition coefficient (Wildman–Crippen LogP) is -1.46. The molecule has 0 fully saturated rings. The molecule has 0 spiro atoms. The van der Waals surface area contributed by atoms with Gasteiger partial charge in [0.25, 0.3) is 0 Å². The first-order valence-corrected chi connectivity index (χ1v) is 17.5. The lowest BCUT2D eigenvalue weighted by atomic mass is 10.0. The molecular weight excluding hydrogens is 694 g/mol. The van der Waals surface area contributed by atoms with Crippen molar-refractivity contribution in [1.82, 2.24) is 31.9 Å². The summed E-state index contributed by atoms with van der Waals surface area (Å²) in [6, 6.07) is 0.668. The maximum atomic E-state index is 13.6. The second-order valence-corrected chi connectivity index (χ2v) is 13.4. The van der Waals surface area contributed by atoms with Crippen LogP contribution in [0.2, 0.25) is 0 Å². The third-order valence-electron chi connectivity index (χ3n) is 7.95. The third kappa shape index (κ3) is 17.3. The minimum absolute atomic E-state index is 0.0529. The highest BCUT2D eigenvalue weighted by molar-refractivity contribution is 5.96. The van der Waals surface area contributed by atoms with Gasteiger partial charge >= 0.3 is 11.9 Å². The van der Waals surface area contributed by atoms with Gasteiger partial charge in [0, 0.05) is 6.42 Å². The van der Waals surface area contributed by atoms with Gasteiger partial charge < -0.3 is 53.0 Å². The molecule has 0 radical (unpaired) electrons. The number of unbranched alkanes of at least 4 members (excludes halogenated alkanes) is 1. The Labute approximate surface area is 308 Å². The van der Waals surface area contributed by atoms with Gasteiger partial charge in [-0.3, -0.25) is 33.6 Å². The number of benzene rings is 1. The fourth-order valence-corrected chi connectivity index (χ4v) is 5.04. The van der Waals surface area contributed by atoms with Crippen LogP contribution in [-0.4, -0.2) is 112 Å². The maximum absolute atomic E-state index is 13.6. The molecule has 53 heavy (non-hydrogen) atoms. The highest BCUT2D eigenvalue weighted by atomic mass is 16.4. The van der Waals surface area contributed by atoms with Crippen LogP contribution in [0.5, 0.6) is 0 Å². The summed E-state index contributed by atoms with van der Waals surface area (Å²) in [6.45, 7) is 7.30. The monoisotopic (exact) mass is 749 g/mol. The van der Waals surface area contributed by atoms with Crippen LogP contribution in [0.1, 0.15) is 72.3 Å². The molecule has 0 saturated heterocycles. The molecule has 0 aliphatic rings. The molecule has 0 heterocycles. The van der Waals surface area contributed by atoms with Gasteiger partial charge in [-0.15, -0.1) is 0 Å². The van der Waals surface area contributed by atoms with E-state index in [0.29, 0.717) is 12.0 Å². The molecule has 1 rings (SSSR count). The molecule has 6 amide bonds. The van der Waals surface area contributed by atoms with Crippen LogP contribution in [0.3, 0.4) is 0 Å². The number of hydrogen-bond donors (Lipinski definition) is 10. The number of aliphatic hydroxyl groups is 1. The molecule has 0 aliphatic carbocycles. The molecule has 1 unspecified atom stereocenters. The fourth-order valence-electron chi connectivity index (χ4n) is 5.04. The number of carboxylic acid groups (broad SMARTS) is 2. The van der Waals surface area contributed by atoms with E-state index < -0.39 is 109 Å². The second kappa shape index (κ2) is 23.5. The minimum atomic E-state index is -1.59. The smallest absolute Gasteiger partial charge is 0.326 e. The number of rotatable bonds is 24. The molecule has 18 nitrogen and oxygen atoms in total. The summed E-state index contributed by atoms with van der Waals surface area (Å²) in [5, 5.41) is 42.9. The average Bonchev–Trinajstić information content (AvgIpc) is 3.08. The van der Waals surface area contributed by atoms with Crippen molar-refractivity contribution in [3.8, 4) is 0 Å². The van der Waals surface area contributed by atoms with Crippen molar-refractivity contribution in [2.75, 3.05) is 13.2 Å². The van der Waals surface area contributed by atoms with Crippen molar-refractivity contribution in [3.63, 3.8) is 0 Å². The van der Waals surface area contributed by atoms with E-state index in [0.717, 1.165) is 6.42 Å². The Bertz CT molecular complexity index is 1410. The minimum Gasteiger partial charge on any atom is -0.481 e. The SMILES string of the molecule is CCCCC(NC(=O)[C@H](CC(C)C)NC(=O)CNC(=O)[C@@H](NC(=O)[C@H](Cc1ccccc1)NC(=O)[C@H](CO)NC(=O)[C@@H](N)CC(=O)O)C(C)C)C(=O)O. The summed E-state index contributed by atoms with van der Waals surface area (Å²) in [6.07, 6.45) is 0.910. The summed E-state index contributed by atoms with van der Waals surface area (Å²) >= 11 is 0. The van der Waals surface area contributed by atoms with Crippen molar-refractivity contribution >= 4 is 47.4 Å². The molecule has 18 heteroatoms. The number of carboxylic acids is 2. The number of nitrogens with one attached hydrogen (secondary N) is 6. The lowest BCUT2D eigenvalue weighted by Crippen LogP contribution is -2.60. The normalized spacial score (nSPS) is 14.4. The number of nitrogens with two attached hydrogens (primary N) is 1. The van der Waals surface area contributed by atoms with Gasteiger partial charge in [-0.2, -0.15) is 0 Å². The summed E-state index contributed by atoms with van der Waals surface area (Å²) < 4.78 is 0. The molecule has 1 aromatic carbocycles. The number of carbonyl (C=O) groups excluding carboxylic acids is 6. The van der Waals surface area contributed by atoms with E-state index in [1.54, 1.807) is 44.2 Å². The Morgan fingerprint density at radius 2 is 1.28 bits per heavy atom. The first-order chi connectivity index (χ1) is 24.9. The van der Waals surface area contributed by atoms with Crippen LogP contribution >= 0.6 is 0 Å². The van der Waals surface area contributed by atoms with E-state index in [1.807, 2.05) is 20.8 Å². The number of aliphatic carboxylic acids is 2. The standard InChI is InChI=1S/C35H55N7O11/c1-6-7-13-23(35(52)53)39-31(48)24(14-19(2)3)38-27(44)17-37-34(51)29(20(4)5)42-32(49)25(15-21-11-9-8-10-12-21)40-33(50)26(18-43)41-30(47)22(36)16-28(45)46/h8-12,19-20,22-26,29,43H,6-7,13-18,36H2,1-5H3,(H,37,51)(H,38,44)(H,39,48)(H,40,50)(H,41,47)(H,42,49)(H,45,46)(H,52,53)/t22-,23?,24-,25-,26-,29-/m0/s1. The molecule has 0 saturated carbocycles. The summed E-state index contributed by atoms with van der Waals surface area (Å²) in [5.74, 6) is -8.09. The molecule has 0 bridgehead atoms. The Hall–Kier alpha value is -5.10. The van der Waals surface area contributed by atoms with E-state index in [9.17, 15) is 48.6 Å². The topological polar surface area (TPSA) is 295 Å². The molecular formula is C35H55N7O11. The van der Waals surface area contributed by atoms with Gasteiger partial charge in [-0.05, 0) is 30.2 Å². The van der Waals surface area contributed by atoms with E-state index in [1.165, 1.54) is 0 Å². The van der Waals surface area contributed by atoms with Crippen LogP contribution in [0.15, 0.2) is 30.3 Å². The zero-order valence-corrected chi connectivity index (χ0v) is 30.8. The lowest BCUT2D eigenvalue weighted by molar-refractivity contribution is -0.142. The average molecular weight is 750 g/mol. The molecule has 0 aromatic heterocycles. The van der Waals surface area contributed by atoms with Gasteiger partial charge in [0.1, 0.15) is 30.2 Å². The van der Waals surface area contributed by atoms with Crippen molar-refractivity contribution in [1.29, 1.82) is 0 Å². The van der Waals surface area contributed by atoms with Crippen molar-refractivity contribution in [2.45, 2.75) is 109 Å². The maximum Gasteiger partial charge on any atom is 0.326 e. The summed E-state index contributed by atoms with van der Waals surface area (Å²) in [5.41, 5.74) is 6.17. The number of amides is 6. The van der Waals surface area contributed by atoms with Crippen molar-refractivity contribution in [3.05, 3.63) is 35.9 Å². The molecule has 0 aliphatic heterocycles. The van der Waals surface area contributed by atoms with Crippen LogP contribution in [0.4, 0.5) is 0 Å². The Morgan fingerprint density at radius 1 is 0.717 bits per heavy atom. The first kappa shape index (κ1) is 45.9. The van der Waals surface area contributed by atoms with E-state index in [2.05, 4.69) is 31.9 Å².